The number of carbonyl (C=O) groups excluding carboxylic acids is 1. The molecule has 0 radical (unpaired) electrons. The molecule has 6 nitrogen and oxygen atoms in total. The van der Waals surface area contributed by atoms with Crippen molar-refractivity contribution in [2.75, 3.05) is 7.11 Å². The van der Waals surface area contributed by atoms with E-state index in [4.69, 9.17) is 4.74 Å². The molecule has 0 aliphatic carbocycles. The lowest BCUT2D eigenvalue weighted by atomic mass is 9.98. The molecule has 0 unspecified atom stereocenters. The van der Waals surface area contributed by atoms with Gasteiger partial charge in [0.15, 0.2) is 5.78 Å². The molecular formula is C26H30O6. The van der Waals surface area contributed by atoms with Crippen LogP contribution in [-0.4, -0.2) is 33.3 Å². The van der Waals surface area contributed by atoms with Crippen LogP contribution < -0.4 is 4.74 Å². The minimum absolute atomic E-state index is 0.0304. The third-order valence-corrected chi connectivity index (χ3v) is 4.98. The van der Waals surface area contributed by atoms with Crippen molar-refractivity contribution < 1.29 is 30.0 Å². The Bertz CT molecular complexity index is 1070. The smallest absolute Gasteiger partial charge is 0.193 e. The van der Waals surface area contributed by atoms with Gasteiger partial charge in [-0.25, -0.2) is 0 Å². The van der Waals surface area contributed by atoms with Gasteiger partial charge in [0, 0.05) is 17.2 Å². The number of rotatable bonds is 9. The van der Waals surface area contributed by atoms with Crippen LogP contribution in [-0.2, 0) is 6.42 Å². The van der Waals surface area contributed by atoms with E-state index in [2.05, 4.69) is 6.08 Å². The first-order chi connectivity index (χ1) is 15.1. The van der Waals surface area contributed by atoms with Crippen LogP contribution in [0, 0.1) is 0 Å². The van der Waals surface area contributed by atoms with Crippen LogP contribution in [0.4, 0.5) is 0 Å². The number of ether oxygens (including phenoxy) is 1. The van der Waals surface area contributed by atoms with Gasteiger partial charge in [0.05, 0.1) is 7.11 Å². The van der Waals surface area contributed by atoms with Crippen molar-refractivity contribution in [2.45, 2.75) is 40.0 Å². The minimum Gasteiger partial charge on any atom is -0.508 e. The number of benzene rings is 2. The molecule has 170 valence electrons. The van der Waals surface area contributed by atoms with E-state index in [1.807, 2.05) is 26.8 Å². The average Bonchev–Trinajstić information content (AvgIpc) is 2.73. The highest BCUT2D eigenvalue weighted by Crippen LogP contribution is 2.39. The second-order valence-corrected chi connectivity index (χ2v) is 7.82. The highest BCUT2D eigenvalue weighted by atomic mass is 16.5. The molecule has 0 aliphatic rings. The van der Waals surface area contributed by atoms with Gasteiger partial charge >= 0.3 is 0 Å². The number of methoxy groups -OCH3 is 1. The second-order valence-electron chi connectivity index (χ2n) is 7.82. The largest absolute Gasteiger partial charge is 0.508 e. The predicted molar refractivity (Wildman–Crippen MR) is 126 cm³/mol. The van der Waals surface area contributed by atoms with Gasteiger partial charge in [-0.05, 0) is 70.4 Å². The fraction of sp³-hybridized carbons (Fsp3) is 0.269. The minimum atomic E-state index is -0.576. The zero-order chi connectivity index (χ0) is 23.8. The third kappa shape index (κ3) is 6.41. The van der Waals surface area contributed by atoms with Crippen LogP contribution >= 0.6 is 0 Å². The van der Waals surface area contributed by atoms with Crippen molar-refractivity contribution >= 4 is 11.9 Å². The van der Waals surface area contributed by atoms with E-state index in [0.29, 0.717) is 0 Å². The zero-order valence-corrected chi connectivity index (χ0v) is 18.8. The molecule has 0 fully saturated rings. The van der Waals surface area contributed by atoms with Crippen molar-refractivity contribution in [2.24, 2.45) is 0 Å². The molecule has 6 heteroatoms. The summed E-state index contributed by atoms with van der Waals surface area (Å²) in [7, 11) is 1.34. The Morgan fingerprint density at radius 3 is 2.38 bits per heavy atom. The molecular weight excluding hydrogens is 408 g/mol. The molecule has 4 N–H and O–H groups in total. The van der Waals surface area contributed by atoms with E-state index in [1.54, 1.807) is 0 Å². The highest BCUT2D eigenvalue weighted by molar-refractivity contribution is 6.11. The van der Waals surface area contributed by atoms with E-state index < -0.39 is 5.78 Å². The summed E-state index contributed by atoms with van der Waals surface area (Å²) in [6, 6.07) is 5.24. The molecule has 32 heavy (non-hydrogen) atoms. The molecule has 0 atom stereocenters. The van der Waals surface area contributed by atoms with E-state index in [0.717, 1.165) is 24.5 Å². The predicted octanol–water partition coefficient (Wildman–Crippen LogP) is 5.65. The quantitative estimate of drug-likeness (QED) is 0.174. The summed E-state index contributed by atoms with van der Waals surface area (Å²) in [5, 5.41) is 40.6. The number of phenols is 4. The topological polar surface area (TPSA) is 107 Å². The molecule has 0 saturated carbocycles. The monoisotopic (exact) mass is 438 g/mol. The molecule has 0 heterocycles. The molecule has 0 aliphatic heterocycles. The fourth-order valence-corrected chi connectivity index (χ4v) is 3.16. The summed E-state index contributed by atoms with van der Waals surface area (Å²) in [6.45, 7) is 6.07. The normalized spacial score (nSPS) is 11.6. The lowest BCUT2D eigenvalue weighted by Gasteiger charge is -2.14. The van der Waals surface area contributed by atoms with E-state index in [9.17, 15) is 25.2 Å². The average molecular weight is 439 g/mol. The van der Waals surface area contributed by atoms with Crippen LogP contribution in [0.3, 0.4) is 0 Å². The number of allylic oxidation sites excluding steroid dienone is 5. The van der Waals surface area contributed by atoms with E-state index in [1.165, 1.54) is 43.0 Å². The summed E-state index contributed by atoms with van der Waals surface area (Å²) in [4.78, 5) is 12.8. The Kier molecular flexibility index (Phi) is 8.53. The molecule has 2 rings (SSSR count). The molecule has 2 aromatic carbocycles. The lowest BCUT2D eigenvalue weighted by molar-refractivity contribution is 0.104. The summed E-state index contributed by atoms with van der Waals surface area (Å²) in [5.41, 5.74) is 2.73. The molecule has 0 aromatic heterocycles. The number of hydrogen-bond acceptors (Lipinski definition) is 6. The number of ketones is 1. The number of aromatic hydroxyl groups is 4. The zero-order valence-electron chi connectivity index (χ0n) is 18.8. The maximum Gasteiger partial charge on any atom is 0.193 e. The van der Waals surface area contributed by atoms with Gasteiger partial charge < -0.3 is 25.2 Å². The number of phenolic OH excluding ortho intramolecular Hbond substituents is 4. The second kappa shape index (κ2) is 11.1. The third-order valence-electron chi connectivity index (χ3n) is 4.98. The Hall–Kier alpha value is -3.67. The summed E-state index contributed by atoms with van der Waals surface area (Å²) in [5.74, 6) is -1.24. The molecule has 2 aromatic rings. The first-order valence-electron chi connectivity index (χ1n) is 10.3. The summed E-state index contributed by atoms with van der Waals surface area (Å²) < 4.78 is 5.19. The van der Waals surface area contributed by atoms with Crippen molar-refractivity contribution in [1.29, 1.82) is 0 Å². The molecule has 0 bridgehead atoms. The lowest BCUT2D eigenvalue weighted by Crippen LogP contribution is -2.02. The standard InChI is InChI=1S/C26H30O6/c1-16(2)6-5-7-17(3)8-11-20-23(30)15-24(32-4)25(26(20)31)22(29)12-9-18-14-19(27)10-13-21(18)28/h6,8-10,12-15,27-28,30-31H,5,7,11H2,1-4H3. The van der Waals surface area contributed by atoms with E-state index in [-0.39, 0.29) is 51.9 Å². The summed E-state index contributed by atoms with van der Waals surface area (Å²) >= 11 is 0. The van der Waals surface area contributed by atoms with Crippen molar-refractivity contribution in [3.8, 4) is 28.7 Å². The molecule has 0 saturated heterocycles. The van der Waals surface area contributed by atoms with Gasteiger partial charge in [0.1, 0.15) is 34.3 Å². The number of hydrogen-bond donors (Lipinski definition) is 4. The molecule has 0 amide bonds. The van der Waals surface area contributed by atoms with Gasteiger partial charge in [-0.15, -0.1) is 0 Å². The van der Waals surface area contributed by atoms with Gasteiger partial charge in [-0.1, -0.05) is 23.3 Å². The van der Waals surface area contributed by atoms with Crippen LogP contribution in [0.2, 0.25) is 0 Å². The SMILES string of the molecule is COc1cc(O)c(CC=C(C)CCC=C(C)C)c(O)c1C(=O)C=Cc1cc(O)ccc1O. The fourth-order valence-electron chi connectivity index (χ4n) is 3.16. The van der Waals surface area contributed by atoms with Crippen LogP contribution in [0.1, 0.15) is 55.1 Å². The van der Waals surface area contributed by atoms with Gasteiger partial charge in [0.25, 0.3) is 0 Å². The first kappa shape index (κ1) is 24.6. The van der Waals surface area contributed by atoms with Gasteiger partial charge in [0.2, 0.25) is 0 Å². The first-order valence-corrected chi connectivity index (χ1v) is 10.3. The van der Waals surface area contributed by atoms with Crippen LogP contribution in [0.25, 0.3) is 6.08 Å². The van der Waals surface area contributed by atoms with Crippen molar-refractivity contribution in [3.05, 3.63) is 70.3 Å². The highest BCUT2D eigenvalue weighted by Gasteiger charge is 2.22. The Morgan fingerprint density at radius 1 is 1.00 bits per heavy atom. The Balaban J connectivity index is 2.34. The number of carbonyl (C=O) groups is 1. The van der Waals surface area contributed by atoms with Crippen LogP contribution in [0.15, 0.2) is 53.6 Å². The van der Waals surface area contributed by atoms with E-state index >= 15 is 0 Å². The van der Waals surface area contributed by atoms with Gasteiger partial charge in [-0.2, -0.15) is 0 Å². The maximum absolute atomic E-state index is 12.8. The Morgan fingerprint density at radius 2 is 1.72 bits per heavy atom. The maximum atomic E-state index is 12.8. The van der Waals surface area contributed by atoms with Crippen molar-refractivity contribution in [1.82, 2.24) is 0 Å². The Labute approximate surface area is 188 Å². The van der Waals surface area contributed by atoms with Crippen molar-refractivity contribution in [3.63, 3.8) is 0 Å². The molecule has 0 spiro atoms. The van der Waals surface area contributed by atoms with Crippen LogP contribution in [0.5, 0.6) is 28.7 Å². The summed E-state index contributed by atoms with van der Waals surface area (Å²) in [6.07, 6.45) is 8.55. The van der Waals surface area contributed by atoms with Gasteiger partial charge in [-0.3, -0.25) is 4.79 Å².